The maximum Gasteiger partial charge on any atom is 0.244 e. The van der Waals surface area contributed by atoms with Crippen LogP contribution < -0.4 is 10.6 Å². The van der Waals surface area contributed by atoms with Gasteiger partial charge in [0.05, 0.1) is 6.20 Å². The van der Waals surface area contributed by atoms with Crippen molar-refractivity contribution in [3.8, 4) is 0 Å². The Morgan fingerprint density at radius 3 is 2.79 bits per heavy atom. The van der Waals surface area contributed by atoms with E-state index in [0.717, 1.165) is 13.0 Å². The summed E-state index contributed by atoms with van der Waals surface area (Å²) in [6.07, 6.45) is 4.28. The fraction of sp³-hybridized carbons (Fsp3) is 0.214. The molecule has 2 rings (SSSR count). The summed E-state index contributed by atoms with van der Waals surface area (Å²) in [5.74, 6) is 1.22. The average Bonchev–Trinajstić information content (AvgIpc) is 2.47. The van der Waals surface area contributed by atoms with Gasteiger partial charge in [0.25, 0.3) is 0 Å². The van der Waals surface area contributed by atoms with Crippen LogP contribution in [0.25, 0.3) is 0 Å². The highest BCUT2D eigenvalue weighted by molar-refractivity contribution is 5.37. The number of hydrogen-bond acceptors (Lipinski definition) is 5. The Morgan fingerprint density at radius 2 is 2.00 bits per heavy atom. The van der Waals surface area contributed by atoms with Gasteiger partial charge in [0.15, 0.2) is 5.82 Å². The summed E-state index contributed by atoms with van der Waals surface area (Å²) in [5, 5.41) is 14.1. The maximum absolute atomic E-state index is 4.30. The molecule has 0 unspecified atom stereocenters. The van der Waals surface area contributed by atoms with Crippen LogP contribution in [0.2, 0.25) is 0 Å². The molecule has 5 nitrogen and oxygen atoms in total. The highest BCUT2D eigenvalue weighted by Crippen LogP contribution is 2.04. The molecule has 0 saturated carbocycles. The first-order valence-electron chi connectivity index (χ1n) is 6.21. The van der Waals surface area contributed by atoms with Gasteiger partial charge in [0, 0.05) is 13.1 Å². The summed E-state index contributed by atoms with van der Waals surface area (Å²) in [7, 11) is 0. The van der Waals surface area contributed by atoms with E-state index < -0.39 is 0 Å². The molecule has 1 heterocycles. The Morgan fingerprint density at radius 1 is 1.16 bits per heavy atom. The van der Waals surface area contributed by atoms with E-state index >= 15 is 0 Å². The molecule has 0 radical (unpaired) electrons. The predicted molar refractivity (Wildman–Crippen MR) is 77.1 cm³/mol. The van der Waals surface area contributed by atoms with Crippen LogP contribution in [0.1, 0.15) is 5.56 Å². The van der Waals surface area contributed by atoms with E-state index in [4.69, 9.17) is 0 Å². The van der Waals surface area contributed by atoms with E-state index in [1.807, 2.05) is 18.2 Å². The average molecular weight is 255 g/mol. The topological polar surface area (TPSA) is 62.7 Å². The lowest BCUT2D eigenvalue weighted by atomic mass is 10.1. The van der Waals surface area contributed by atoms with Crippen molar-refractivity contribution in [2.45, 2.75) is 6.42 Å². The minimum absolute atomic E-state index is 0.532. The summed E-state index contributed by atoms with van der Waals surface area (Å²) in [6, 6.07) is 10.3. The monoisotopic (exact) mass is 255 g/mol. The number of anilines is 2. The van der Waals surface area contributed by atoms with Crippen LogP contribution >= 0.6 is 0 Å². The molecule has 0 aliphatic carbocycles. The lowest BCUT2D eigenvalue weighted by Gasteiger charge is -2.06. The first-order valence-corrected chi connectivity index (χ1v) is 6.21. The molecule has 0 fully saturated rings. The Bertz CT molecular complexity index is 512. The molecule has 1 aromatic heterocycles. The van der Waals surface area contributed by atoms with Gasteiger partial charge in [-0.2, -0.15) is 10.1 Å². The molecule has 0 aliphatic heterocycles. The highest BCUT2D eigenvalue weighted by Gasteiger charge is 1.99. The first kappa shape index (κ1) is 13.0. The Labute approximate surface area is 112 Å². The van der Waals surface area contributed by atoms with Gasteiger partial charge in [-0.15, -0.1) is 11.7 Å². The van der Waals surface area contributed by atoms with Crippen LogP contribution in [0.3, 0.4) is 0 Å². The quantitative estimate of drug-likeness (QED) is 0.742. The standard InChI is InChI=1S/C14H17N5/c1-2-9-15-13-11-17-19-14(18-13)16-10-8-12-6-4-3-5-7-12/h2-7,11H,1,8-10H2,(H2,15,16,18,19). The lowest BCUT2D eigenvalue weighted by molar-refractivity contribution is 0.925. The number of aromatic nitrogens is 3. The molecule has 19 heavy (non-hydrogen) atoms. The van der Waals surface area contributed by atoms with Crippen molar-refractivity contribution in [1.29, 1.82) is 0 Å². The molecule has 0 saturated heterocycles. The van der Waals surface area contributed by atoms with E-state index in [0.29, 0.717) is 18.3 Å². The summed E-state index contributed by atoms with van der Waals surface area (Å²) >= 11 is 0. The molecular formula is C14H17N5. The van der Waals surface area contributed by atoms with Gasteiger partial charge in [-0.25, -0.2) is 0 Å². The second kappa shape index (κ2) is 7.10. The number of hydrogen-bond donors (Lipinski definition) is 2. The minimum Gasteiger partial charge on any atom is -0.365 e. The van der Waals surface area contributed by atoms with Crippen molar-refractivity contribution in [2.24, 2.45) is 0 Å². The van der Waals surface area contributed by atoms with Crippen LogP contribution in [0.4, 0.5) is 11.8 Å². The first-order chi connectivity index (χ1) is 9.38. The fourth-order valence-corrected chi connectivity index (χ4v) is 1.60. The number of nitrogens with one attached hydrogen (secondary N) is 2. The largest absolute Gasteiger partial charge is 0.365 e. The van der Waals surface area contributed by atoms with Gasteiger partial charge in [-0.05, 0) is 12.0 Å². The van der Waals surface area contributed by atoms with E-state index in [2.05, 4.69) is 44.5 Å². The third-order valence-electron chi connectivity index (χ3n) is 2.53. The Balaban J connectivity index is 1.84. The fourth-order valence-electron chi connectivity index (χ4n) is 1.60. The van der Waals surface area contributed by atoms with Gasteiger partial charge in [0.1, 0.15) is 0 Å². The molecule has 0 spiro atoms. The Kier molecular flexibility index (Phi) is 4.87. The van der Waals surface area contributed by atoms with Gasteiger partial charge in [0.2, 0.25) is 5.95 Å². The molecular weight excluding hydrogens is 238 g/mol. The zero-order chi connectivity index (χ0) is 13.3. The smallest absolute Gasteiger partial charge is 0.244 e. The summed E-state index contributed by atoms with van der Waals surface area (Å²) in [4.78, 5) is 4.30. The van der Waals surface area contributed by atoms with Crippen molar-refractivity contribution in [3.63, 3.8) is 0 Å². The second-order valence-corrected chi connectivity index (χ2v) is 4.00. The number of rotatable bonds is 7. The SMILES string of the molecule is C=CCNc1cnnc(NCCc2ccccc2)n1. The number of benzene rings is 1. The maximum atomic E-state index is 4.30. The van der Waals surface area contributed by atoms with E-state index in [-0.39, 0.29) is 0 Å². The molecule has 1 aromatic carbocycles. The van der Waals surface area contributed by atoms with Crippen molar-refractivity contribution >= 4 is 11.8 Å². The normalized spacial score (nSPS) is 9.89. The second-order valence-electron chi connectivity index (χ2n) is 4.00. The van der Waals surface area contributed by atoms with Crippen molar-refractivity contribution < 1.29 is 0 Å². The zero-order valence-electron chi connectivity index (χ0n) is 10.7. The molecule has 0 aliphatic rings. The van der Waals surface area contributed by atoms with Crippen LogP contribution in [0.15, 0.2) is 49.2 Å². The van der Waals surface area contributed by atoms with E-state index in [1.165, 1.54) is 5.56 Å². The molecule has 0 bridgehead atoms. The predicted octanol–water partition coefficient (Wildman–Crippen LogP) is 2.12. The third kappa shape index (κ3) is 4.39. The minimum atomic E-state index is 0.532. The van der Waals surface area contributed by atoms with Crippen molar-refractivity contribution in [2.75, 3.05) is 23.7 Å². The van der Waals surface area contributed by atoms with Gasteiger partial charge in [-0.3, -0.25) is 0 Å². The molecule has 2 aromatic rings. The van der Waals surface area contributed by atoms with E-state index in [9.17, 15) is 0 Å². The summed E-state index contributed by atoms with van der Waals surface area (Å²) in [6.45, 7) is 5.07. The third-order valence-corrected chi connectivity index (χ3v) is 2.53. The summed E-state index contributed by atoms with van der Waals surface area (Å²) in [5.41, 5.74) is 1.28. The van der Waals surface area contributed by atoms with Gasteiger partial charge < -0.3 is 10.6 Å². The molecule has 0 atom stereocenters. The van der Waals surface area contributed by atoms with Crippen molar-refractivity contribution in [1.82, 2.24) is 15.2 Å². The van der Waals surface area contributed by atoms with Gasteiger partial charge >= 0.3 is 0 Å². The zero-order valence-corrected chi connectivity index (χ0v) is 10.7. The van der Waals surface area contributed by atoms with E-state index in [1.54, 1.807) is 12.3 Å². The summed E-state index contributed by atoms with van der Waals surface area (Å²) < 4.78 is 0. The van der Waals surface area contributed by atoms with Crippen molar-refractivity contribution in [3.05, 3.63) is 54.7 Å². The van der Waals surface area contributed by atoms with Crippen LogP contribution in [0.5, 0.6) is 0 Å². The van der Waals surface area contributed by atoms with Gasteiger partial charge in [-0.1, -0.05) is 36.4 Å². The Hall–Kier alpha value is -2.43. The molecule has 5 heteroatoms. The molecule has 98 valence electrons. The number of nitrogens with zero attached hydrogens (tertiary/aromatic N) is 3. The van der Waals surface area contributed by atoms with Crippen LogP contribution in [-0.4, -0.2) is 28.3 Å². The molecule has 0 amide bonds. The van der Waals surface area contributed by atoms with Crippen LogP contribution in [-0.2, 0) is 6.42 Å². The molecule has 2 N–H and O–H groups in total. The highest BCUT2D eigenvalue weighted by atomic mass is 15.3. The lowest BCUT2D eigenvalue weighted by Crippen LogP contribution is -2.10. The van der Waals surface area contributed by atoms with Crippen LogP contribution in [0, 0.1) is 0 Å².